The summed E-state index contributed by atoms with van der Waals surface area (Å²) in [6, 6.07) is 0.335. The summed E-state index contributed by atoms with van der Waals surface area (Å²) in [5, 5.41) is 6.49. The zero-order valence-corrected chi connectivity index (χ0v) is 10.9. The number of amides is 1. The predicted octanol–water partition coefficient (Wildman–Crippen LogP) is 1.93. The van der Waals surface area contributed by atoms with Gasteiger partial charge in [0, 0.05) is 12.5 Å². The Hall–Kier alpha value is -0.570. The van der Waals surface area contributed by atoms with Crippen molar-refractivity contribution in [3.05, 3.63) is 0 Å². The number of carbonyl (C=O) groups is 1. The topological polar surface area (TPSA) is 41.1 Å². The van der Waals surface area contributed by atoms with E-state index in [0.717, 1.165) is 19.5 Å². The first-order chi connectivity index (χ1) is 7.59. The second-order valence-electron chi connectivity index (χ2n) is 5.38. The average molecular weight is 226 g/mol. The standard InChI is InChI=1S/C13H26N2O/c1-10(2)4-5-13(16)15-11(3)12-6-8-14-9-7-12/h10-12,14H,4-9H2,1-3H3,(H,15,16). The highest BCUT2D eigenvalue weighted by atomic mass is 16.1. The van der Waals surface area contributed by atoms with Crippen molar-refractivity contribution < 1.29 is 4.79 Å². The average Bonchev–Trinajstić information content (AvgIpc) is 2.27. The fourth-order valence-electron chi connectivity index (χ4n) is 2.21. The highest BCUT2D eigenvalue weighted by Gasteiger charge is 2.20. The van der Waals surface area contributed by atoms with Gasteiger partial charge in [-0.2, -0.15) is 0 Å². The molecule has 1 fully saturated rings. The van der Waals surface area contributed by atoms with Gasteiger partial charge in [0.1, 0.15) is 0 Å². The molecule has 0 bridgehead atoms. The van der Waals surface area contributed by atoms with E-state index in [-0.39, 0.29) is 5.91 Å². The Labute approximate surface area is 99.4 Å². The van der Waals surface area contributed by atoms with E-state index in [0.29, 0.717) is 24.3 Å². The van der Waals surface area contributed by atoms with Crippen LogP contribution in [0.4, 0.5) is 0 Å². The monoisotopic (exact) mass is 226 g/mol. The van der Waals surface area contributed by atoms with Crippen molar-refractivity contribution in [1.82, 2.24) is 10.6 Å². The molecular formula is C13H26N2O. The van der Waals surface area contributed by atoms with Gasteiger partial charge < -0.3 is 10.6 Å². The van der Waals surface area contributed by atoms with Crippen molar-refractivity contribution in [2.24, 2.45) is 11.8 Å². The van der Waals surface area contributed by atoms with Gasteiger partial charge in [-0.1, -0.05) is 13.8 Å². The van der Waals surface area contributed by atoms with Crippen LogP contribution < -0.4 is 10.6 Å². The maximum Gasteiger partial charge on any atom is 0.220 e. The minimum atomic E-state index is 0.222. The molecule has 3 heteroatoms. The van der Waals surface area contributed by atoms with Crippen molar-refractivity contribution in [2.45, 2.75) is 52.5 Å². The third-order valence-electron chi connectivity index (χ3n) is 3.43. The smallest absolute Gasteiger partial charge is 0.220 e. The van der Waals surface area contributed by atoms with E-state index >= 15 is 0 Å². The molecule has 94 valence electrons. The summed E-state index contributed by atoms with van der Waals surface area (Å²) in [5.74, 6) is 1.49. The van der Waals surface area contributed by atoms with E-state index in [2.05, 4.69) is 31.4 Å². The van der Waals surface area contributed by atoms with Gasteiger partial charge >= 0.3 is 0 Å². The first-order valence-electron chi connectivity index (χ1n) is 6.59. The van der Waals surface area contributed by atoms with Crippen molar-refractivity contribution in [3.8, 4) is 0 Å². The Bertz CT molecular complexity index is 210. The maximum atomic E-state index is 11.7. The molecule has 0 aliphatic carbocycles. The molecule has 0 aromatic heterocycles. The summed E-state index contributed by atoms with van der Waals surface area (Å²) >= 11 is 0. The van der Waals surface area contributed by atoms with Crippen molar-refractivity contribution in [2.75, 3.05) is 13.1 Å². The molecule has 1 rings (SSSR count). The van der Waals surface area contributed by atoms with Crippen LogP contribution in [0.25, 0.3) is 0 Å². The zero-order valence-electron chi connectivity index (χ0n) is 10.9. The highest BCUT2D eigenvalue weighted by molar-refractivity contribution is 5.76. The van der Waals surface area contributed by atoms with Gasteiger partial charge in [-0.25, -0.2) is 0 Å². The van der Waals surface area contributed by atoms with Crippen LogP contribution in [0, 0.1) is 11.8 Å². The molecule has 1 aliphatic heterocycles. The molecule has 3 nitrogen and oxygen atoms in total. The summed E-state index contributed by atoms with van der Waals surface area (Å²) in [7, 11) is 0. The number of hydrogen-bond donors (Lipinski definition) is 2. The lowest BCUT2D eigenvalue weighted by Crippen LogP contribution is -2.42. The molecule has 1 aliphatic rings. The summed E-state index contributed by atoms with van der Waals surface area (Å²) in [6.07, 6.45) is 4.04. The number of hydrogen-bond acceptors (Lipinski definition) is 2. The molecule has 1 amide bonds. The number of carbonyl (C=O) groups excluding carboxylic acids is 1. The molecule has 0 radical (unpaired) electrons. The van der Waals surface area contributed by atoms with Gasteiger partial charge in [0.25, 0.3) is 0 Å². The van der Waals surface area contributed by atoms with Crippen LogP contribution in [-0.4, -0.2) is 25.0 Å². The quantitative estimate of drug-likeness (QED) is 0.752. The number of piperidine rings is 1. The van der Waals surface area contributed by atoms with Gasteiger partial charge in [0.15, 0.2) is 0 Å². The Morgan fingerprint density at radius 1 is 1.31 bits per heavy atom. The van der Waals surface area contributed by atoms with Gasteiger partial charge in [-0.3, -0.25) is 4.79 Å². The number of nitrogens with one attached hydrogen (secondary N) is 2. The predicted molar refractivity (Wildman–Crippen MR) is 67.3 cm³/mol. The lowest BCUT2D eigenvalue weighted by Gasteiger charge is -2.28. The molecule has 1 saturated heterocycles. The van der Waals surface area contributed by atoms with Crippen molar-refractivity contribution in [3.63, 3.8) is 0 Å². The lowest BCUT2D eigenvalue weighted by molar-refractivity contribution is -0.122. The maximum absolute atomic E-state index is 11.7. The van der Waals surface area contributed by atoms with Gasteiger partial charge in [0.2, 0.25) is 5.91 Å². The molecule has 0 aromatic rings. The first-order valence-corrected chi connectivity index (χ1v) is 6.59. The SMILES string of the molecule is CC(C)CCC(=O)NC(C)C1CCNCC1. The van der Waals surface area contributed by atoms with Crippen LogP contribution in [0.1, 0.15) is 46.5 Å². The van der Waals surface area contributed by atoms with Gasteiger partial charge in [-0.05, 0) is 51.1 Å². The molecule has 1 atom stereocenters. The third kappa shape index (κ3) is 4.97. The van der Waals surface area contributed by atoms with Crippen molar-refractivity contribution in [1.29, 1.82) is 0 Å². The Morgan fingerprint density at radius 3 is 2.50 bits per heavy atom. The molecule has 2 N–H and O–H groups in total. The molecule has 0 saturated carbocycles. The van der Waals surface area contributed by atoms with E-state index in [1.54, 1.807) is 0 Å². The van der Waals surface area contributed by atoms with Crippen LogP contribution in [0.2, 0.25) is 0 Å². The summed E-state index contributed by atoms with van der Waals surface area (Å²) in [5.41, 5.74) is 0. The van der Waals surface area contributed by atoms with Gasteiger partial charge in [-0.15, -0.1) is 0 Å². The summed E-state index contributed by atoms with van der Waals surface area (Å²) in [4.78, 5) is 11.7. The third-order valence-corrected chi connectivity index (χ3v) is 3.43. The van der Waals surface area contributed by atoms with Crippen LogP contribution in [-0.2, 0) is 4.79 Å². The van der Waals surface area contributed by atoms with E-state index in [4.69, 9.17) is 0 Å². The second-order valence-corrected chi connectivity index (χ2v) is 5.38. The minimum Gasteiger partial charge on any atom is -0.353 e. The summed E-state index contributed by atoms with van der Waals surface area (Å²) < 4.78 is 0. The summed E-state index contributed by atoms with van der Waals surface area (Å²) in [6.45, 7) is 8.64. The van der Waals surface area contributed by atoms with E-state index in [1.165, 1.54) is 12.8 Å². The second kappa shape index (κ2) is 6.89. The molecule has 0 aromatic carbocycles. The zero-order chi connectivity index (χ0) is 12.0. The normalized spacial score (nSPS) is 19.8. The van der Waals surface area contributed by atoms with Crippen molar-refractivity contribution >= 4 is 5.91 Å². The highest BCUT2D eigenvalue weighted by Crippen LogP contribution is 2.16. The molecule has 0 spiro atoms. The van der Waals surface area contributed by atoms with Crippen LogP contribution in [0.15, 0.2) is 0 Å². The number of rotatable bonds is 5. The molecule has 16 heavy (non-hydrogen) atoms. The largest absolute Gasteiger partial charge is 0.353 e. The molecule has 1 unspecified atom stereocenters. The molecular weight excluding hydrogens is 200 g/mol. The minimum absolute atomic E-state index is 0.222. The van der Waals surface area contributed by atoms with Crippen LogP contribution in [0.5, 0.6) is 0 Å². The first kappa shape index (κ1) is 13.5. The lowest BCUT2D eigenvalue weighted by atomic mass is 9.91. The van der Waals surface area contributed by atoms with E-state index in [1.807, 2.05) is 0 Å². The Kier molecular flexibility index (Phi) is 5.81. The van der Waals surface area contributed by atoms with Gasteiger partial charge in [0.05, 0.1) is 0 Å². The van der Waals surface area contributed by atoms with Crippen LogP contribution in [0.3, 0.4) is 0 Å². The Balaban J connectivity index is 2.21. The fraction of sp³-hybridized carbons (Fsp3) is 0.923. The Morgan fingerprint density at radius 2 is 1.94 bits per heavy atom. The van der Waals surface area contributed by atoms with E-state index in [9.17, 15) is 4.79 Å². The van der Waals surface area contributed by atoms with E-state index < -0.39 is 0 Å². The molecule has 1 heterocycles. The van der Waals surface area contributed by atoms with Crippen LogP contribution >= 0.6 is 0 Å². The fourth-order valence-corrected chi connectivity index (χ4v) is 2.21.